The second-order valence-electron chi connectivity index (χ2n) is 4.25. The predicted molar refractivity (Wildman–Crippen MR) is 69.0 cm³/mol. The summed E-state index contributed by atoms with van der Waals surface area (Å²) in [5.41, 5.74) is 3.77. The molecule has 1 atom stereocenters. The minimum atomic E-state index is -0.652. The fourth-order valence-corrected chi connectivity index (χ4v) is 2.59. The van der Waals surface area contributed by atoms with Crippen molar-refractivity contribution in [3.63, 3.8) is 0 Å². The number of benzene rings is 2. The van der Waals surface area contributed by atoms with Crippen LogP contribution in [0.25, 0.3) is 11.1 Å². The fourth-order valence-electron chi connectivity index (χ4n) is 2.59. The Hall–Kier alpha value is -2.00. The summed E-state index contributed by atoms with van der Waals surface area (Å²) in [6.07, 6.45) is -0.652. The van der Waals surface area contributed by atoms with E-state index in [0.29, 0.717) is 11.5 Å². The van der Waals surface area contributed by atoms with Gasteiger partial charge in [-0.05, 0) is 22.8 Å². The van der Waals surface area contributed by atoms with Gasteiger partial charge in [-0.1, -0.05) is 30.3 Å². The number of rotatable bonds is 2. The van der Waals surface area contributed by atoms with Crippen LogP contribution in [0.2, 0.25) is 0 Å². The molecule has 0 spiro atoms. The molecule has 0 saturated heterocycles. The molecular formula is C15H14O3. The number of methoxy groups -OCH3 is 2. The van der Waals surface area contributed by atoms with Crippen LogP contribution >= 0.6 is 0 Å². The third-order valence-corrected chi connectivity index (χ3v) is 3.40. The topological polar surface area (TPSA) is 38.7 Å². The molecule has 1 N–H and O–H groups in total. The van der Waals surface area contributed by atoms with E-state index in [1.807, 2.05) is 36.4 Å². The second-order valence-corrected chi connectivity index (χ2v) is 4.25. The zero-order valence-corrected chi connectivity index (χ0v) is 10.3. The number of aliphatic hydroxyl groups excluding tert-OH is 1. The highest BCUT2D eigenvalue weighted by atomic mass is 16.5. The molecule has 0 unspecified atom stereocenters. The van der Waals surface area contributed by atoms with Gasteiger partial charge in [-0.3, -0.25) is 0 Å². The van der Waals surface area contributed by atoms with E-state index in [-0.39, 0.29) is 0 Å². The third-order valence-electron chi connectivity index (χ3n) is 3.40. The SMILES string of the molecule is COc1ccc2c(c1OC)[C@@H](O)c1ccccc1-2. The lowest BCUT2D eigenvalue weighted by atomic mass is 10.0. The molecule has 1 aliphatic rings. The van der Waals surface area contributed by atoms with E-state index in [9.17, 15) is 5.11 Å². The summed E-state index contributed by atoms with van der Waals surface area (Å²) in [6, 6.07) is 11.7. The first-order valence-electron chi connectivity index (χ1n) is 5.80. The first-order chi connectivity index (χ1) is 8.77. The standard InChI is InChI=1S/C15H14O3/c1-17-12-8-7-10-9-5-3-4-6-11(9)14(16)13(10)15(12)18-2/h3-8,14,16H,1-2H3/t14-/m0/s1. The number of fused-ring (bicyclic) bond motifs is 3. The monoisotopic (exact) mass is 242 g/mol. The number of ether oxygens (including phenoxy) is 2. The summed E-state index contributed by atoms with van der Waals surface area (Å²) in [6.45, 7) is 0. The van der Waals surface area contributed by atoms with E-state index in [1.54, 1.807) is 14.2 Å². The van der Waals surface area contributed by atoms with Gasteiger partial charge in [0.1, 0.15) is 6.10 Å². The normalized spacial score (nSPS) is 16.1. The molecule has 0 radical (unpaired) electrons. The number of hydrogen-bond donors (Lipinski definition) is 1. The van der Waals surface area contributed by atoms with E-state index in [0.717, 1.165) is 22.3 Å². The van der Waals surface area contributed by atoms with Crippen molar-refractivity contribution < 1.29 is 14.6 Å². The van der Waals surface area contributed by atoms with Gasteiger partial charge in [0, 0.05) is 5.56 Å². The average Bonchev–Trinajstić information content (AvgIpc) is 2.72. The number of aliphatic hydroxyl groups is 1. The first kappa shape index (κ1) is 11.1. The minimum absolute atomic E-state index is 0.610. The highest BCUT2D eigenvalue weighted by Gasteiger charge is 2.31. The van der Waals surface area contributed by atoms with E-state index >= 15 is 0 Å². The Morgan fingerprint density at radius 2 is 1.72 bits per heavy atom. The van der Waals surface area contributed by atoms with Gasteiger partial charge in [0.15, 0.2) is 11.5 Å². The van der Waals surface area contributed by atoms with Gasteiger partial charge in [-0.15, -0.1) is 0 Å². The highest BCUT2D eigenvalue weighted by molar-refractivity contribution is 5.81. The van der Waals surface area contributed by atoms with Gasteiger partial charge < -0.3 is 14.6 Å². The van der Waals surface area contributed by atoms with Gasteiger partial charge in [0.05, 0.1) is 14.2 Å². The summed E-state index contributed by atoms with van der Waals surface area (Å²) >= 11 is 0. The maximum absolute atomic E-state index is 10.4. The molecule has 3 heteroatoms. The van der Waals surface area contributed by atoms with Crippen molar-refractivity contribution in [3.8, 4) is 22.6 Å². The van der Waals surface area contributed by atoms with Gasteiger partial charge in [0.25, 0.3) is 0 Å². The van der Waals surface area contributed by atoms with Crippen LogP contribution in [-0.4, -0.2) is 19.3 Å². The van der Waals surface area contributed by atoms with Crippen LogP contribution in [0, 0.1) is 0 Å². The Kier molecular flexibility index (Phi) is 2.49. The Morgan fingerprint density at radius 1 is 0.944 bits per heavy atom. The highest BCUT2D eigenvalue weighted by Crippen LogP contribution is 2.50. The maximum atomic E-state index is 10.4. The number of hydrogen-bond acceptors (Lipinski definition) is 3. The van der Waals surface area contributed by atoms with E-state index in [4.69, 9.17) is 9.47 Å². The predicted octanol–water partition coefficient (Wildman–Crippen LogP) is 2.77. The summed E-state index contributed by atoms with van der Waals surface area (Å²) in [5, 5.41) is 10.4. The van der Waals surface area contributed by atoms with Crippen LogP contribution < -0.4 is 9.47 Å². The lowest BCUT2D eigenvalue weighted by Gasteiger charge is -2.14. The molecule has 3 nitrogen and oxygen atoms in total. The van der Waals surface area contributed by atoms with Gasteiger partial charge in [-0.25, -0.2) is 0 Å². The lowest BCUT2D eigenvalue weighted by Crippen LogP contribution is -1.99. The van der Waals surface area contributed by atoms with Crippen LogP contribution in [0.1, 0.15) is 17.2 Å². The van der Waals surface area contributed by atoms with Crippen molar-refractivity contribution in [1.29, 1.82) is 0 Å². The molecular weight excluding hydrogens is 228 g/mol. The molecule has 1 aliphatic carbocycles. The van der Waals surface area contributed by atoms with Gasteiger partial charge in [-0.2, -0.15) is 0 Å². The quantitative estimate of drug-likeness (QED) is 0.880. The van der Waals surface area contributed by atoms with Crippen LogP contribution in [0.4, 0.5) is 0 Å². The van der Waals surface area contributed by atoms with Crippen LogP contribution in [0.5, 0.6) is 11.5 Å². The molecule has 0 amide bonds. The maximum Gasteiger partial charge on any atom is 0.167 e. The van der Waals surface area contributed by atoms with Crippen molar-refractivity contribution in [1.82, 2.24) is 0 Å². The van der Waals surface area contributed by atoms with E-state index in [1.165, 1.54) is 0 Å². The molecule has 0 heterocycles. The average molecular weight is 242 g/mol. The molecule has 0 fully saturated rings. The van der Waals surface area contributed by atoms with Gasteiger partial charge in [0.2, 0.25) is 0 Å². The summed E-state index contributed by atoms with van der Waals surface area (Å²) < 4.78 is 10.7. The Morgan fingerprint density at radius 3 is 2.44 bits per heavy atom. The Bertz CT molecular complexity index is 605. The van der Waals surface area contributed by atoms with Crippen LogP contribution in [0.15, 0.2) is 36.4 Å². The molecule has 0 bridgehead atoms. The minimum Gasteiger partial charge on any atom is -0.493 e. The molecule has 0 aromatic heterocycles. The van der Waals surface area contributed by atoms with Crippen LogP contribution in [0.3, 0.4) is 0 Å². The molecule has 3 rings (SSSR count). The lowest BCUT2D eigenvalue weighted by molar-refractivity contribution is 0.218. The smallest absolute Gasteiger partial charge is 0.167 e. The van der Waals surface area contributed by atoms with Crippen LogP contribution in [-0.2, 0) is 0 Å². The summed E-state index contributed by atoms with van der Waals surface area (Å²) in [4.78, 5) is 0. The van der Waals surface area contributed by atoms with Crippen molar-refractivity contribution in [2.75, 3.05) is 14.2 Å². The van der Waals surface area contributed by atoms with Crippen molar-refractivity contribution in [2.24, 2.45) is 0 Å². The summed E-state index contributed by atoms with van der Waals surface area (Å²) in [5.74, 6) is 1.25. The van der Waals surface area contributed by atoms with Crippen molar-refractivity contribution >= 4 is 0 Å². The van der Waals surface area contributed by atoms with Crippen molar-refractivity contribution in [2.45, 2.75) is 6.10 Å². The van der Waals surface area contributed by atoms with Gasteiger partial charge >= 0.3 is 0 Å². The molecule has 18 heavy (non-hydrogen) atoms. The second kappa shape index (κ2) is 4.03. The zero-order chi connectivity index (χ0) is 12.7. The van der Waals surface area contributed by atoms with Crippen molar-refractivity contribution in [3.05, 3.63) is 47.5 Å². The Labute approximate surface area is 106 Å². The fraction of sp³-hybridized carbons (Fsp3) is 0.200. The summed E-state index contributed by atoms with van der Waals surface area (Å²) in [7, 11) is 3.19. The molecule has 0 aliphatic heterocycles. The Balaban J connectivity index is 2.30. The molecule has 0 saturated carbocycles. The van der Waals surface area contributed by atoms with E-state index < -0.39 is 6.10 Å². The first-order valence-corrected chi connectivity index (χ1v) is 5.80. The largest absolute Gasteiger partial charge is 0.493 e. The van der Waals surface area contributed by atoms with E-state index in [2.05, 4.69) is 0 Å². The third kappa shape index (κ3) is 1.34. The molecule has 92 valence electrons. The zero-order valence-electron chi connectivity index (χ0n) is 10.3. The molecule has 2 aromatic rings. The molecule has 2 aromatic carbocycles.